The molecule has 0 radical (unpaired) electrons. The molecule has 162 valence electrons. The predicted octanol–water partition coefficient (Wildman–Crippen LogP) is 5.23. The molecule has 5 rings (SSSR count). The minimum Gasteiger partial charge on any atom is -0.477 e. The molecule has 0 atom stereocenters. The quantitative estimate of drug-likeness (QED) is 0.425. The Kier molecular flexibility index (Phi) is 5.49. The average Bonchev–Trinajstić information content (AvgIpc) is 3.47. The zero-order valence-corrected chi connectivity index (χ0v) is 18.3. The number of anilines is 1. The van der Waals surface area contributed by atoms with Crippen LogP contribution in [-0.4, -0.2) is 26.7 Å². The van der Waals surface area contributed by atoms with Crippen LogP contribution in [0.3, 0.4) is 0 Å². The number of carboxylic acid groups (broad SMARTS) is 1. The van der Waals surface area contributed by atoms with Gasteiger partial charge in [-0.2, -0.15) is 0 Å². The Balaban J connectivity index is 1.61. The van der Waals surface area contributed by atoms with Crippen LogP contribution in [-0.2, 0) is 6.54 Å². The summed E-state index contributed by atoms with van der Waals surface area (Å²) < 4.78 is 2.17. The second-order valence-corrected chi connectivity index (χ2v) is 9.12. The number of hydrogen-bond acceptors (Lipinski definition) is 5. The van der Waals surface area contributed by atoms with Crippen LogP contribution in [0.25, 0.3) is 21.5 Å². The molecule has 0 saturated heterocycles. The van der Waals surface area contributed by atoms with Gasteiger partial charge in [0, 0.05) is 18.8 Å². The molecule has 0 spiro atoms. The monoisotopic (exact) mass is 445 g/mol. The van der Waals surface area contributed by atoms with E-state index in [0.717, 1.165) is 29.5 Å². The second-order valence-electron chi connectivity index (χ2n) is 8.13. The smallest absolute Gasteiger partial charge is 0.341 e. The van der Waals surface area contributed by atoms with Crippen LogP contribution in [0.4, 0.5) is 5.13 Å². The number of rotatable bonds is 6. The summed E-state index contributed by atoms with van der Waals surface area (Å²) >= 11 is 1.25. The molecule has 6 nitrogen and oxygen atoms in total. The Bertz CT molecular complexity index is 1340. The van der Waals surface area contributed by atoms with Crippen molar-refractivity contribution in [2.75, 3.05) is 5.32 Å². The van der Waals surface area contributed by atoms with Crippen molar-refractivity contribution in [2.45, 2.75) is 38.3 Å². The molecule has 0 bridgehead atoms. The normalized spacial score (nSPS) is 14.1. The fourth-order valence-electron chi connectivity index (χ4n) is 4.37. The highest BCUT2D eigenvalue weighted by molar-refractivity contribution is 7.22. The summed E-state index contributed by atoms with van der Waals surface area (Å²) in [5.74, 6) is -1.22. The molecule has 0 aliphatic heterocycles. The number of fused-ring (bicyclic) bond motifs is 1. The molecule has 4 aromatic rings. The van der Waals surface area contributed by atoms with E-state index in [1.165, 1.54) is 30.4 Å². The maximum absolute atomic E-state index is 12.9. The second kappa shape index (κ2) is 8.59. The van der Waals surface area contributed by atoms with Crippen molar-refractivity contribution < 1.29 is 9.90 Å². The van der Waals surface area contributed by atoms with Gasteiger partial charge < -0.3 is 15.0 Å². The van der Waals surface area contributed by atoms with Gasteiger partial charge in [0.2, 0.25) is 5.43 Å². The van der Waals surface area contributed by atoms with Crippen LogP contribution in [0.1, 0.15) is 41.6 Å². The highest BCUT2D eigenvalue weighted by atomic mass is 32.1. The van der Waals surface area contributed by atoms with E-state index in [9.17, 15) is 14.7 Å². The Labute approximate surface area is 189 Å². The lowest BCUT2D eigenvalue weighted by Gasteiger charge is -2.13. The number of nitrogens with one attached hydrogen (secondary N) is 1. The first-order valence-electron chi connectivity index (χ1n) is 10.8. The Hall–Kier alpha value is -3.45. The number of carboxylic acids is 1. The number of thiazole rings is 1. The fraction of sp³-hybridized carbons (Fsp3) is 0.240. The van der Waals surface area contributed by atoms with E-state index in [-0.39, 0.29) is 5.56 Å². The molecule has 2 aromatic carbocycles. The number of carbonyl (C=O) groups is 1. The van der Waals surface area contributed by atoms with Gasteiger partial charge in [-0.1, -0.05) is 78.8 Å². The zero-order valence-electron chi connectivity index (χ0n) is 17.5. The van der Waals surface area contributed by atoms with Crippen LogP contribution in [0.2, 0.25) is 0 Å². The summed E-state index contributed by atoms with van der Waals surface area (Å²) in [6.07, 6.45) is 5.98. The van der Waals surface area contributed by atoms with E-state index in [4.69, 9.17) is 4.98 Å². The molecule has 32 heavy (non-hydrogen) atoms. The molecule has 7 heteroatoms. The van der Waals surface area contributed by atoms with Gasteiger partial charge in [0.1, 0.15) is 10.3 Å². The molecule has 1 aliphatic carbocycles. The Morgan fingerprint density at radius 1 is 1.09 bits per heavy atom. The van der Waals surface area contributed by atoms with Crippen LogP contribution in [0, 0.1) is 0 Å². The first-order valence-corrected chi connectivity index (χ1v) is 11.6. The maximum atomic E-state index is 12.9. The largest absolute Gasteiger partial charge is 0.477 e. The molecule has 2 aromatic heterocycles. The number of nitrogens with zero attached hydrogens (tertiary/aromatic N) is 2. The topological polar surface area (TPSA) is 84.2 Å². The van der Waals surface area contributed by atoms with E-state index in [1.807, 2.05) is 36.4 Å². The molecule has 1 fully saturated rings. The third-order valence-corrected chi connectivity index (χ3v) is 6.95. The van der Waals surface area contributed by atoms with Crippen LogP contribution in [0.15, 0.2) is 65.6 Å². The predicted molar refractivity (Wildman–Crippen MR) is 128 cm³/mol. The van der Waals surface area contributed by atoms with Gasteiger partial charge in [0.05, 0.1) is 0 Å². The highest BCUT2D eigenvalue weighted by Crippen LogP contribution is 2.30. The number of aromatic carboxylic acids is 1. The molecular weight excluding hydrogens is 422 g/mol. The maximum Gasteiger partial charge on any atom is 0.341 e. The van der Waals surface area contributed by atoms with Crippen LogP contribution >= 0.6 is 11.3 Å². The van der Waals surface area contributed by atoms with Gasteiger partial charge in [0.15, 0.2) is 10.8 Å². The zero-order chi connectivity index (χ0) is 22.1. The lowest BCUT2D eigenvalue weighted by Crippen LogP contribution is -2.18. The number of hydrogen-bond donors (Lipinski definition) is 2. The highest BCUT2D eigenvalue weighted by Gasteiger charge is 2.21. The Morgan fingerprint density at radius 2 is 1.81 bits per heavy atom. The van der Waals surface area contributed by atoms with Crippen molar-refractivity contribution in [2.24, 2.45) is 0 Å². The van der Waals surface area contributed by atoms with Gasteiger partial charge in [-0.05, 0) is 29.5 Å². The molecule has 1 saturated carbocycles. The van der Waals surface area contributed by atoms with Crippen molar-refractivity contribution in [3.8, 4) is 11.1 Å². The minimum absolute atomic E-state index is 0.231. The van der Waals surface area contributed by atoms with E-state index in [0.29, 0.717) is 28.1 Å². The first kappa shape index (κ1) is 20.5. The van der Waals surface area contributed by atoms with Crippen LogP contribution < -0.4 is 10.7 Å². The summed E-state index contributed by atoms with van der Waals surface area (Å²) in [5, 5.41) is 13.8. The molecule has 2 N–H and O–H groups in total. The van der Waals surface area contributed by atoms with E-state index in [2.05, 4.69) is 23.5 Å². The summed E-state index contributed by atoms with van der Waals surface area (Å²) in [6, 6.07) is 18.5. The van der Waals surface area contributed by atoms with Gasteiger partial charge >= 0.3 is 5.97 Å². The van der Waals surface area contributed by atoms with E-state index in [1.54, 1.807) is 4.57 Å². The summed E-state index contributed by atoms with van der Waals surface area (Å²) in [5.41, 5.74) is 2.99. The van der Waals surface area contributed by atoms with Crippen molar-refractivity contribution in [1.29, 1.82) is 0 Å². The number of benzene rings is 2. The first-order chi connectivity index (χ1) is 15.6. The number of pyridine rings is 1. The van der Waals surface area contributed by atoms with Gasteiger partial charge in [-0.25, -0.2) is 9.78 Å². The van der Waals surface area contributed by atoms with Crippen molar-refractivity contribution in [3.63, 3.8) is 0 Å². The van der Waals surface area contributed by atoms with E-state index >= 15 is 0 Å². The lowest BCUT2D eigenvalue weighted by atomic mass is 9.99. The minimum atomic E-state index is -1.22. The fourth-order valence-corrected chi connectivity index (χ4v) is 5.38. The van der Waals surface area contributed by atoms with Crippen molar-refractivity contribution >= 4 is 32.8 Å². The third kappa shape index (κ3) is 3.91. The lowest BCUT2D eigenvalue weighted by molar-refractivity contribution is 0.0695. The molecule has 0 unspecified atom stereocenters. The van der Waals surface area contributed by atoms with Crippen molar-refractivity contribution in [1.82, 2.24) is 9.55 Å². The van der Waals surface area contributed by atoms with Gasteiger partial charge in [0.25, 0.3) is 0 Å². The summed E-state index contributed by atoms with van der Waals surface area (Å²) in [4.78, 5) is 29.4. The molecular formula is C25H23N3O3S. The average molecular weight is 446 g/mol. The van der Waals surface area contributed by atoms with Gasteiger partial charge in [-0.15, -0.1) is 0 Å². The summed E-state index contributed by atoms with van der Waals surface area (Å²) in [7, 11) is 0. The summed E-state index contributed by atoms with van der Waals surface area (Å²) in [6.45, 7) is 0.411. The SMILES string of the molecule is O=C(O)c1cn(Cc2ccccc2-c2ccccc2)c2nc(NC3CCCC3)sc2c1=O. The molecule has 1 aliphatic rings. The Morgan fingerprint density at radius 3 is 2.56 bits per heavy atom. The van der Waals surface area contributed by atoms with E-state index < -0.39 is 11.4 Å². The number of aromatic nitrogens is 2. The molecule has 2 heterocycles. The van der Waals surface area contributed by atoms with Crippen LogP contribution in [0.5, 0.6) is 0 Å². The van der Waals surface area contributed by atoms with Gasteiger partial charge in [-0.3, -0.25) is 4.79 Å². The van der Waals surface area contributed by atoms with Crippen molar-refractivity contribution in [3.05, 3.63) is 82.1 Å². The third-order valence-electron chi connectivity index (χ3n) is 5.97. The standard InChI is InChI=1S/C25H23N3O3S/c29-21-20(24(30)31)15-28(23-22(21)32-25(27-23)26-18-11-5-6-12-18)14-17-10-4-7-13-19(17)16-8-2-1-3-9-16/h1-4,7-10,13,15,18H,5-6,11-12,14H2,(H,26,27)(H,30,31). The molecule has 0 amide bonds.